The maximum atomic E-state index is 13.1. The van der Waals surface area contributed by atoms with E-state index in [0.717, 1.165) is 21.1 Å². The van der Waals surface area contributed by atoms with Crippen LogP contribution in [0.1, 0.15) is 27.2 Å². The predicted octanol–water partition coefficient (Wildman–Crippen LogP) is 3.14. The van der Waals surface area contributed by atoms with Gasteiger partial charge in [-0.05, 0) is 38.0 Å². The molecule has 0 bridgehead atoms. The number of aromatic nitrogens is 1. The molecule has 1 aromatic carbocycles. The van der Waals surface area contributed by atoms with Crippen LogP contribution in [0, 0.1) is 19.7 Å². The largest absolute Gasteiger partial charge is 0.323 e. The third-order valence-corrected chi connectivity index (χ3v) is 3.83. The SMILES string of the molecule is Cc1nc(C)c(C(N)Cc2cccc(F)c2)s1. The fraction of sp³-hybridized carbons (Fsp3) is 0.308. The summed E-state index contributed by atoms with van der Waals surface area (Å²) in [6.07, 6.45) is 0.639. The Kier molecular flexibility index (Phi) is 3.54. The zero-order valence-electron chi connectivity index (χ0n) is 9.90. The normalized spacial score (nSPS) is 12.7. The average Bonchev–Trinajstić information content (AvgIpc) is 2.58. The number of nitrogens with zero attached hydrogens (tertiary/aromatic N) is 1. The number of rotatable bonds is 3. The van der Waals surface area contributed by atoms with Crippen molar-refractivity contribution in [2.45, 2.75) is 26.3 Å². The summed E-state index contributed by atoms with van der Waals surface area (Å²) in [5.74, 6) is -0.216. The van der Waals surface area contributed by atoms with Gasteiger partial charge in [0.25, 0.3) is 0 Å². The van der Waals surface area contributed by atoms with E-state index < -0.39 is 0 Å². The van der Waals surface area contributed by atoms with Crippen LogP contribution in [0.25, 0.3) is 0 Å². The highest BCUT2D eigenvalue weighted by Gasteiger charge is 2.14. The van der Waals surface area contributed by atoms with Gasteiger partial charge in [-0.2, -0.15) is 0 Å². The molecule has 0 fully saturated rings. The molecule has 2 N–H and O–H groups in total. The Morgan fingerprint density at radius 1 is 1.41 bits per heavy atom. The first-order valence-electron chi connectivity index (χ1n) is 5.50. The lowest BCUT2D eigenvalue weighted by Crippen LogP contribution is -2.13. The van der Waals surface area contributed by atoms with Gasteiger partial charge in [0.2, 0.25) is 0 Å². The Morgan fingerprint density at radius 3 is 2.76 bits per heavy atom. The summed E-state index contributed by atoms with van der Waals surface area (Å²) in [6, 6.07) is 6.47. The van der Waals surface area contributed by atoms with E-state index in [9.17, 15) is 4.39 Å². The Bertz CT molecular complexity index is 522. The van der Waals surface area contributed by atoms with Gasteiger partial charge in [-0.25, -0.2) is 9.37 Å². The average molecular weight is 250 g/mol. The second kappa shape index (κ2) is 4.94. The molecule has 1 heterocycles. The van der Waals surface area contributed by atoms with Crippen molar-refractivity contribution in [3.63, 3.8) is 0 Å². The lowest BCUT2D eigenvalue weighted by Gasteiger charge is -2.10. The summed E-state index contributed by atoms with van der Waals surface area (Å²) in [7, 11) is 0. The van der Waals surface area contributed by atoms with Crippen LogP contribution < -0.4 is 5.73 Å². The topological polar surface area (TPSA) is 38.9 Å². The molecule has 1 unspecified atom stereocenters. The van der Waals surface area contributed by atoms with Gasteiger partial charge in [0, 0.05) is 10.9 Å². The van der Waals surface area contributed by atoms with Crippen LogP contribution in [0.4, 0.5) is 4.39 Å². The van der Waals surface area contributed by atoms with Crippen LogP contribution in [-0.2, 0) is 6.42 Å². The van der Waals surface area contributed by atoms with Gasteiger partial charge in [-0.3, -0.25) is 0 Å². The third-order valence-electron chi connectivity index (χ3n) is 2.62. The van der Waals surface area contributed by atoms with Gasteiger partial charge in [0.1, 0.15) is 5.82 Å². The van der Waals surface area contributed by atoms with Gasteiger partial charge in [0.05, 0.1) is 10.7 Å². The molecule has 0 amide bonds. The maximum Gasteiger partial charge on any atom is 0.123 e. The second-order valence-corrected chi connectivity index (χ2v) is 5.36. The molecule has 17 heavy (non-hydrogen) atoms. The van der Waals surface area contributed by atoms with Crippen molar-refractivity contribution >= 4 is 11.3 Å². The molecule has 2 aromatic rings. The minimum atomic E-state index is -0.216. The highest BCUT2D eigenvalue weighted by Crippen LogP contribution is 2.25. The van der Waals surface area contributed by atoms with Gasteiger partial charge < -0.3 is 5.73 Å². The molecule has 0 saturated heterocycles. The van der Waals surface area contributed by atoms with E-state index in [0.29, 0.717) is 6.42 Å². The van der Waals surface area contributed by atoms with Crippen molar-refractivity contribution in [3.8, 4) is 0 Å². The van der Waals surface area contributed by atoms with E-state index in [2.05, 4.69) is 4.98 Å². The molecule has 0 aliphatic heterocycles. The Hall–Kier alpha value is -1.26. The zero-order chi connectivity index (χ0) is 12.4. The molecule has 0 radical (unpaired) electrons. The summed E-state index contributed by atoms with van der Waals surface area (Å²) >= 11 is 1.62. The van der Waals surface area contributed by atoms with Crippen LogP contribution in [0.15, 0.2) is 24.3 Å². The van der Waals surface area contributed by atoms with Crippen molar-refractivity contribution in [2.75, 3.05) is 0 Å². The van der Waals surface area contributed by atoms with Gasteiger partial charge in [-0.1, -0.05) is 12.1 Å². The van der Waals surface area contributed by atoms with E-state index in [1.54, 1.807) is 17.4 Å². The second-order valence-electron chi connectivity index (χ2n) is 4.12. The van der Waals surface area contributed by atoms with E-state index in [-0.39, 0.29) is 11.9 Å². The molecular weight excluding hydrogens is 235 g/mol. The molecule has 2 nitrogen and oxygen atoms in total. The van der Waals surface area contributed by atoms with Crippen molar-refractivity contribution in [2.24, 2.45) is 5.73 Å². The summed E-state index contributed by atoms with van der Waals surface area (Å²) in [5.41, 5.74) is 8.04. The summed E-state index contributed by atoms with van der Waals surface area (Å²) in [5, 5.41) is 1.02. The van der Waals surface area contributed by atoms with Crippen molar-refractivity contribution in [3.05, 3.63) is 51.2 Å². The quantitative estimate of drug-likeness (QED) is 0.909. The van der Waals surface area contributed by atoms with E-state index in [1.807, 2.05) is 19.9 Å². The van der Waals surface area contributed by atoms with Crippen LogP contribution in [0.3, 0.4) is 0 Å². The monoisotopic (exact) mass is 250 g/mol. The number of aryl methyl sites for hydroxylation is 2. The molecule has 1 aromatic heterocycles. The number of nitrogens with two attached hydrogens (primary N) is 1. The molecule has 0 saturated carbocycles. The number of halogens is 1. The highest BCUT2D eigenvalue weighted by molar-refractivity contribution is 7.11. The lowest BCUT2D eigenvalue weighted by atomic mass is 10.0. The van der Waals surface area contributed by atoms with E-state index >= 15 is 0 Å². The first-order valence-corrected chi connectivity index (χ1v) is 6.32. The Balaban J connectivity index is 2.16. The third kappa shape index (κ3) is 2.90. The molecule has 0 spiro atoms. The van der Waals surface area contributed by atoms with Crippen LogP contribution in [-0.4, -0.2) is 4.98 Å². The van der Waals surface area contributed by atoms with Crippen LogP contribution in [0.2, 0.25) is 0 Å². The lowest BCUT2D eigenvalue weighted by molar-refractivity contribution is 0.622. The number of benzene rings is 1. The summed E-state index contributed by atoms with van der Waals surface area (Å²) < 4.78 is 13.1. The zero-order valence-corrected chi connectivity index (χ0v) is 10.7. The standard InChI is InChI=1S/C13H15FN2S/c1-8-13(17-9(2)16-8)12(15)7-10-4-3-5-11(14)6-10/h3-6,12H,7,15H2,1-2H3. The first kappa shape index (κ1) is 12.2. The molecular formula is C13H15FN2S. The van der Waals surface area contributed by atoms with Crippen molar-refractivity contribution < 1.29 is 4.39 Å². The minimum absolute atomic E-state index is 0.108. The smallest absolute Gasteiger partial charge is 0.123 e. The fourth-order valence-corrected chi connectivity index (χ4v) is 2.83. The summed E-state index contributed by atoms with van der Waals surface area (Å²) in [4.78, 5) is 5.45. The number of hydrogen-bond acceptors (Lipinski definition) is 3. The van der Waals surface area contributed by atoms with Gasteiger partial charge >= 0.3 is 0 Å². The van der Waals surface area contributed by atoms with Gasteiger partial charge in [0.15, 0.2) is 0 Å². The highest BCUT2D eigenvalue weighted by atomic mass is 32.1. The molecule has 2 rings (SSSR count). The van der Waals surface area contributed by atoms with Crippen molar-refractivity contribution in [1.29, 1.82) is 0 Å². The Morgan fingerprint density at radius 2 is 2.18 bits per heavy atom. The molecule has 90 valence electrons. The predicted molar refractivity (Wildman–Crippen MR) is 68.6 cm³/mol. The van der Waals surface area contributed by atoms with Crippen molar-refractivity contribution in [1.82, 2.24) is 4.98 Å². The fourth-order valence-electron chi connectivity index (χ4n) is 1.90. The molecule has 0 aliphatic carbocycles. The molecule has 1 atom stereocenters. The van der Waals surface area contributed by atoms with Crippen LogP contribution in [0.5, 0.6) is 0 Å². The number of thiazole rings is 1. The van der Waals surface area contributed by atoms with E-state index in [4.69, 9.17) is 5.73 Å². The Labute approximate surface area is 104 Å². The maximum absolute atomic E-state index is 13.1. The molecule has 4 heteroatoms. The first-order chi connectivity index (χ1) is 8.06. The molecule has 0 aliphatic rings. The summed E-state index contributed by atoms with van der Waals surface area (Å²) in [6.45, 7) is 3.93. The van der Waals surface area contributed by atoms with Gasteiger partial charge in [-0.15, -0.1) is 11.3 Å². The van der Waals surface area contributed by atoms with Crippen LogP contribution >= 0.6 is 11.3 Å². The van der Waals surface area contributed by atoms with E-state index in [1.165, 1.54) is 12.1 Å². The minimum Gasteiger partial charge on any atom is -0.323 e. The number of hydrogen-bond donors (Lipinski definition) is 1.